The van der Waals surface area contributed by atoms with Crippen molar-refractivity contribution in [3.8, 4) is 5.88 Å². The lowest BCUT2D eigenvalue weighted by molar-refractivity contribution is -0.143. The Morgan fingerprint density at radius 1 is 1.06 bits per heavy atom. The maximum absolute atomic E-state index is 14.5. The van der Waals surface area contributed by atoms with E-state index < -0.39 is 73.8 Å². The highest BCUT2D eigenvalue weighted by Gasteiger charge is 2.49. The van der Waals surface area contributed by atoms with E-state index in [0.29, 0.717) is 29.3 Å². The third-order valence-electron chi connectivity index (χ3n) is 8.82. The van der Waals surface area contributed by atoms with Crippen LogP contribution >= 0.6 is 0 Å². The van der Waals surface area contributed by atoms with Crippen LogP contribution in [0.1, 0.15) is 74.1 Å². The Labute approximate surface area is 297 Å². The Hall–Kier alpha value is -4.66. The smallest absolute Gasteiger partial charge is 0.408 e. The summed E-state index contributed by atoms with van der Waals surface area (Å²) >= 11 is 0. The molecule has 0 radical (unpaired) electrons. The van der Waals surface area contributed by atoms with Crippen LogP contribution in [0.4, 0.5) is 4.79 Å². The largest absolute Gasteiger partial charge is 0.472 e. The summed E-state index contributed by atoms with van der Waals surface area (Å²) in [6.45, 7) is 15.4. The molecule has 2 aliphatic rings. The minimum Gasteiger partial charge on any atom is -0.472 e. The van der Waals surface area contributed by atoms with E-state index >= 15 is 0 Å². The lowest BCUT2D eigenvalue weighted by Crippen LogP contribution is -2.62. The van der Waals surface area contributed by atoms with Gasteiger partial charge in [0.15, 0.2) is 5.58 Å². The fraction of sp³-hybridized carbons (Fsp3) is 0.528. The molecule has 3 aromatic rings. The number of benzene rings is 1. The van der Waals surface area contributed by atoms with E-state index in [1.807, 2.05) is 24.3 Å². The van der Waals surface area contributed by atoms with E-state index in [9.17, 15) is 27.6 Å². The van der Waals surface area contributed by atoms with Gasteiger partial charge < -0.3 is 29.4 Å². The molecule has 3 heterocycles. The highest BCUT2D eigenvalue weighted by Crippen LogP contribution is 2.35. The minimum atomic E-state index is -3.93. The van der Waals surface area contributed by atoms with E-state index in [-0.39, 0.29) is 25.3 Å². The molecule has 1 aromatic carbocycles. The molecule has 4 amide bonds. The molecule has 0 unspecified atom stereocenters. The highest BCUT2D eigenvalue weighted by molar-refractivity contribution is 7.91. The number of carbonyl (C=O) groups excluding carboxylic acids is 4. The fourth-order valence-electron chi connectivity index (χ4n) is 6.04. The maximum atomic E-state index is 14.5. The molecule has 51 heavy (non-hydrogen) atoms. The molecule has 1 aliphatic carbocycles. The first-order chi connectivity index (χ1) is 23.7. The van der Waals surface area contributed by atoms with Crippen LogP contribution in [0.25, 0.3) is 21.9 Å². The van der Waals surface area contributed by atoms with Gasteiger partial charge in [-0.15, -0.1) is 6.58 Å². The van der Waals surface area contributed by atoms with Crippen LogP contribution in [0.15, 0.2) is 53.7 Å². The van der Waals surface area contributed by atoms with Crippen molar-refractivity contribution >= 4 is 55.7 Å². The number of fused-ring (bicyclic) bond motifs is 3. The first-order valence-electron chi connectivity index (χ1n) is 16.9. The number of nitrogens with one attached hydrogen (secondary N) is 3. The van der Waals surface area contributed by atoms with Gasteiger partial charge in [-0.1, -0.05) is 45.0 Å². The molecule has 2 fully saturated rings. The molecule has 0 spiro atoms. The van der Waals surface area contributed by atoms with Gasteiger partial charge in [-0.2, -0.15) is 0 Å². The van der Waals surface area contributed by atoms with Gasteiger partial charge in [0.05, 0.1) is 18.1 Å². The average Bonchev–Trinajstić information content (AvgIpc) is 3.65. The summed E-state index contributed by atoms with van der Waals surface area (Å²) < 4.78 is 45.0. The molecule has 1 aliphatic heterocycles. The van der Waals surface area contributed by atoms with Crippen LogP contribution in [0.5, 0.6) is 5.88 Å². The van der Waals surface area contributed by atoms with Crippen molar-refractivity contribution in [3.05, 3.63) is 49.2 Å². The van der Waals surface area contributed by atoms with E-state index in [1.54, 1.807) is 47.6 Å². The van der Waals surface area contributed by atoms with Gasteiger partial charge in [0.2, 0.25) is 27.7 Å². The van der Waals surface area contributed by atoms with Crippen LogP contribution in [0.3, 0.4) is 0 Å². The Balaban J connectivity index is 1.48. The summed E-state index contributed by atoms with van der Waals surface area (Å²) in [5, 5.41) is 6.17. The Morgan fingerprint density at radius 2 is 1.73 bits per heavy atom. The number of hydrogen-bond donors (Lipinski definition) is 3. The summed E-state index contributed by atoms with van der Waals surface area (Å²) in [6, 6.07) is 6.79. The molecule has 1 saturated heterocycles. The number of likely N-dealkylation sites (tertiary alicyclic amines) is 1. The lowest BCUT2D eigenvalue weighted by Gasteiger charge is -2.36. The average molecular weight is 726 g/mol. The third-order valence-corrected chi connectivity index (χ3v) is 10.6. The number of pyridine rings is 1. The van der Waals surface area contributed by atoms with Crippen molar-refractivity contribution < 1.29 is 41.5 Å². The number of nitrogens with zero attached hydrogens (tertiary/aromatic N) is 2. The second-order valence-corrected chi connectivity index (χ2v) is 17.5. The van der Waals surface area contributed by atoms with Crippen LogP contribution in [0, 0.1) is 5.41 Å². The number of furan rings is 1. The van der Waals surface area contributed by atoms with Crippen LogP contribution in [-0.4, -0.2) is 83.2 Å². The monoisotopic (exact) mass is 725 g/mol. The van der Waals surface area contributed by atoms with Crippen LogP contribution in [-0.2, 0) is 29.1 Å². The zero-order valence-electron chi connectivity index (χ0n) is 30.1. The molecule has 0 bridgehead atoms. The number of carbonyl (C=O) groups is 4. The summed E-state index contributed by atoms with van der Waals surface area (Å²) in [6.07, 6.45) is 2.15. The first kappa shape index (κ1) is 37.6. The van der Waals surface area contributed by atoms with E-state index in [1.165, 1.54) is 24.2 Å². The number of alkyl carbamates (subject to hydrolysis) is 1. The molecule has 4 atom stereocenters. The molecule has 3 N–H and O–H groups in total. The second-order valence-electron chi connectivity index (χ2n) is 15.5. The number of amides is 4. The van der Waals surface area contributed by atoms with E-state index in [4.69, 9.17) is 13.9 Å². The standard InChI is InChI=1S/C36H47N5O9S/c1-9-17-36(8,32(44)40-51(46,47)22-14-15-22)39-29(42)26-19-21(49-30-24-13-11-10-12-23(24)27-25(37-30)16-18-48-27)20-41(26)31(43)28(34(2,3)4)38-33(45)50-35(5,6)7/h9-13,16,18,21-22,26,28H,1,14-15,17,19-20H2,2-8H3,(H,38,45)(H,39,42)(H,40,44)/t21-,26-,28-,36+/m1/s1. The van der Waals surface area contributed by atoms with Crippen molar-refractivity contribution in [1.82, 2.24) is 25.2 Å². The van der Waals surface area contributed by atoms with Gasteiger partial charge in [0, 0.05) is 23.3 Å². The fourth-order valence-corrected chi connectivity index (χ4v) is 7.45. The van der Waals surface area contributed by atoms with Gasteiger partial charge in [-0.05, 0) is 58.4 Å². The Bertz CT molecular complexity index is 1960. The number of aromatic nitrogens is 1. The maximum Gasteiger partial charge on any atom is 0.408 e. The van der Waals surface area contributed by atoms with Gasteiger partial charge >= 0.3 is 6.09 Å². The van der Waals surface area contributed by atoms with Crippen LogP contribution in [0.2, 0.25) is 0 Å². The van der Waals surface area contributed by atoms with Gasteiger partial charge in [0.1, 0.15) is 34.8 Å². The predicted octanol–water partition coefficient (Wildman–Crippen LogP) is 4.33. The van der Waals surface area contributed by atoms with E-state index in [0.717, 1.165) is 5.39 Å². The third kappa shape index (κ3) is 8.46. The van der Waals surface area contributed by atoms with Crippen molar-refractivity contribution in [1.29, 1.82) is 0 Å². The summed E-state index contributed by atoms with van der Waals surface area (Å²) in [5.74, 6) is -1.94. The number of hydrogen-bond acceptors (Lipinski definition) is 10. The van der Waals surface area contributed by atoms with Crippen LogP contribution < -0.4 is 20.1 Å². The summed E-state index contributed by atoms with van der Waals surface area (Å²) in [7, 11) is -3.93. The number of ether oxygens (including phenoxy) is 2. The molecule has 1 saturated carbocycles. The number of rotatable bonds is 11. The SMILES string of the molecule is C=CC[C@](C)(NC(=O)[C@H]1C[C@@H](Oc2nc3ccoc3c3ccccc23)CN1C(=O)[C@@H](NC(=O)OC(C)(C)C)C(C)(C)C)C(=O)NS(=O)(=O)C1CC1. The van der Waals surface area contributed by atoms with Gasteiger partial charge in [0.25, 0.3) is 5.91 Å². The normalized spacial score (nSPS) is 19.9. The van der Waals surface area contributed by atoms with Gasteiger partial charge in [-0.25, -0.2) is 18.2 Å². The predicted molar refractivity (Wildman–Crippen MR) is 190 cm³/mol. The van der Waals surface area contributed by atoms with E-state index in [2.05, 4.69) is 26.9 Å². The minimum absolute atomic E-state index is 0.00747. The molecule has 276 valence electrons. The van der Waals surface area contributed by atoms with Crippen molar-refractivity contribution in [2.75, 3.05) is 6.54 Å². The molecular formula is C36H47N5O9S. The van der Waals surface area contributed by atoms with Gasteiger partial charge in [-0.3, -0.25) is 19.1 Å². The zero-order valence-corrected chi connectivity index (χ0v) is 30.9. The quantitative estimate of drug-likeness (QED) is 0.240. The molecule has 14 nitrogen and oxygen atoms in total. The summed E-state index contributed by atoms with van der Waals surface area (Å²) in [5.41, 5.74) is -2.24. The highest BCUT2D eigenvalue weighted by atomic mass is 32.2. The Morgan fingerprint density at radius 3 is 2.33 bits per heavy atom. The Kier molecular flexibility index (Phi) is 10.2. The second kappa shape index (κ2) is 13.8. The summed E-state index contributed by atoms with van der Waals surface area (Å²) in [4.78, 5) is 61.0. The zero-order chi connectivity index (χ0) is 37.5. The number of sulfonamides is 1. The van der Waals surface area contributed by atoms with Crippen molar-refractivity contribution in [3.63, 3.8) is 0 Å². The van der Waals surface area contributed by atoms with Crippen molar-refractivity contribution in [2.45, 2.75) is 109 Å². The molecule has 2 aromatic heterocycles. The molecule has 15 heteroatoms. The van der Waals surface area contributed by atoms with Crippen molar-refractivity contribution in [2.24, 2.45) is 5.41 Å². The molecular weight excluding hydrogens is 678 g/mol. The topological polar surface area (TPSA) is 186 Å². The lowest BCUT2D eigenvalue weighted by atomic mass is 9.85. The first-order valence-corrected chi connectivity index (χ1v) is 18.5. The molecule has 5 rings (SSSR count).